The molecule has 0 aliphatic carbocycles. The Balaban J connectivity index is 1.62. The lowest BCUT2D eigenvalue weighted by Gasteiger charge is -2.20. The van der Waals surface area contributed by atoms with Crippen LogP contribution in [-0.2, 0) is 9.47 Å². The molecule has 2 heterocycles. The predicted octanol–water partition coefficient (Wildman–Crippen LogP) is 3.80. The van der Waals surface area contributed by atoms with Crippen molar-refractivity contribution in [2.24, 2.45) is 11.8 Å². The van der Waals surface area contributed by atoms with E-state index in [0.717, 1.165) is 22.6 Å². The Labute approximate surface area is 176 Å². The van der Waals surface area contributed by atoms with E-state index in [1.807, 2.05) is 30.3 Å². The lowest BCUT2D eigenvalue weighted by molar-refractivity contribution is 0.0190. The van der Waals surface area contributed by atoms with Crippen molar-refractivity contribution >= 4 is 0 Å². The normalized spacial score (nSPS) is 25.0. The van der Waals surface area contributed by atoms with Gasteiger partial charge in [-0.05, 0) is 35.4 Å². The van der Waals surface area contributed by atoms with Gasteiger partial charge >= 0.3 is 0 Å². The van der Waals surface area contributed by atoms with Crippen molar-refractivity contribution in [3.05, 3.63) is 41.5 Å². The van der Waals surface area contributed by atoms with Crippen LogP contribution in [0, 0.1) is 11.8 Å². The molecule has 0 radical (unpaired) electrons. The van der Waals surface area contributed by atoms with Crippen molar-refractivity contribution in [1.29, 1.82) is 0 Å². The van der Waals surface area contributed by atoms with Crippen LogP contribution in [0.15, 0.2) is 30.3 Å². The molecule has 2 aliphatic rings. The summed E-state index contributed by atoms with van der Waals surface area (Å²) in [6.07, 6.45) is -0.188. The second kappa shape index (κ2) is 8.62. The molecule has 2 fully saturated rings. The maximum Gasteiger partial charge on any atom is 0.203 e. The number of methoxy groups -OCH3 is 5. The zero-order chi connectivity index (χ0) is 21.3. The van der Waals surface area contributed by atoms with Gasteiger partial charge in [-0.2, -0.15) is 0 Å². The molecule has 162 valence electrons. The minimum Gasteiger partial charge on any atom is -0.497 e. The van der Waals surface area contributed by atoms with Crippen LogP contribution in [0.3, 0.4) is 0 Å². The summed E-state index contributed by atoms with van der Waals surface area (Å²) in [5.74, 6) is 3.75. The second-order valence-electron chi connectivity index (χ2n) is 7.44. The number of ether oxygens (including phenoxy) is 7. The lowest BCUT2D eigenvalue weighted by Crippen LogP contribution is -2.15. The van der Waals surface area contributed by atoms with Crippen LogP contribution in [0.2, 0.25) is 0 Å². The Morgan fingerprint density at radius 1 is 0.600 bits per heavy atom. The Kier molecular flexibility index (Phi) is 5.92. The minimum atomic E-state index is -0.110. The van der Waals surface area contributed by atoms with E-state index >= 15 is 0 Å². The van der Waals surface area contributed by atoms with Crippen molar-refractivity contribution in [2.75, 3.05) is 48.8 Å². The molecule has 7 heteroatoms. The third-order valence-electron chi connectivity index (χ3n) is 5.98. The van der Waals surface area contributed by atoms with Crippen molar-refractivity contribution in [2.45, 2.75) is 12.2 Å². The molecule has 2 aromatic rings. The van der Waals surface area contributed by atoms with E-state index in [2.05, 4.69) is 0 Å². The maximum absolute atomic E-state index is 6.25. The molecule has 4 rings (SSSR count). The highest BCUT2D eigenvalue weighted by Gasteiger charge is 2.48. The first kappa shape index (κ1) is 20.6. The van der Waals surface area contributed by atoms with Gasteiger partial charge in [0.1, 0.15) is 11.5 Å². The van der Waals surface area contributed by atoms with Gasteiger partial charge in [-0.1, -0.05) is 0 Å². The molecule has 2 aliphatic heterocycles. The molecule has 4 atom stereocenters. The first-order valence-corrected chi connectivity index (χ1v) is 9.89. The zero-order valence-corrected chi connectivity index (χ0v) is 18.0. The zero-order valence-electron chi connectivity index (χ0n) is 18.0. The summed E-state index contributed by atoms with van der Waals surface area (Å²) in [5.41, 5.74) is 2.03. The fraction of sp³-hybridized carbons (Fsp3) is 0.478. The molecule has 0 amide bonds. The smallest absolute Gasteiger partial charge is 0.203 e. The number of benzene rings is 2. The summed E-state index contributed by atoms with van der Waals surface area (Å²) in [4.78, 5) is 0. The Morgan fingerprint density at radius 2 is 1.07 bits per heavy atom. The molecule has 2 aromatic carbocycles. The highest BCUT2D eigenvalue weighted by atomic mass is 16.5. The van der Waals surface area contributed by atoms with E-state index in [1.54, 1.807) is 35.5 Å². The van der Waals surface area contributed by atoms with Gasteiger partial charge in [0.05, 0.1) is 61.0 Å². The van der Waals surface area contributed by atoms with E-state index in [-0.39, 0.29) is 24.0 Å². The number of hydrogen-bond donors (Lipinski definition) is 0. The third kappa shape index (κ3) is 3.52. The van der Waals surface area contributed by atoms with E-state index in [0.29, 0.717) is 30.5 Å². The summed E-state index contributed by atoms with van der Waals surface area (Å²) in [6, 6.07) is 9.77. The summed E-state index contributed by atoms with van der Waals surface area (Å²) in [5, 5.41) is 0. The molecule has 0 spiro atoms. The summed E-state index contributed by atoms with van der Waals surface area (Å²) < 4.78 is 39.8. The Hall–Kier alpha value is -2.64. The summed E-state index contributed by atoms with van der Waals surface area (Å²) >= 11 is 0. The monoisotopic (exact) mass is 416 g/mol. The number of hydrogen-bond acceptors (Lipinski definition) is 7. The first-order chi connectivity index (χ1) is 14.6. The molecule has 0 saturated carbocycles. The van der Waals surface area contributed by atoms with Gasteiger partial charge in [-0.25, -0.2) is 0 Å². The van der Waals surface area contributed by atoms with E-state index < -0.39 is 0 Å². The van der Waals surface area contributed by atoms with Gasteiger partial charge in [0.15, 0.2) is 11.5 Å². The van der Waals surface area contributed by atoms with Crippen LogP contribution in [0.1, 0.15) is 23.3 Å². The van der Waals surface area contributed by atoms with Crippen LogP contribution >= 0.6 is 0 Å². The number of fused-ring (bicyclic) bond motifs is 1. The molecule has 2 saturated heterocycles. The van der Waals surface area contributed by atoms with Gasteiger partial charge < -0.3 is 33.2 Å². The molecule has 0 aromatic heterocycles. The van der Waals surface area contributed by atoms with E-state index in [9.17, 15) is 0 Å². The second-order valence-corrected chi connectivity index (χ2v) is 7.44. The average Bonchev–Trinajstić information content (AvgIpc) is 3.39. The quantitative estimate of drug-likeness (QED) is 0.680. The van der Waals surface area contributed by atoms with Crippen LogP contribution < -0.4 is 23.7 Å². The third-order valence-corrected chi connectivity index (χ3v) is 5.98. The van der Waals surface area contributed by atoms with Crippen LogP contribution in [0.25, 0.3) is 0 Å². The topological polar surface area (TPSA) is 64.6 Å². The number of rotatable bonds is 7. The van der Waals surface area contributed by atoms with Gasteiger partial charge in [0.25, 0.3) is 0 Å². The average molecular weight is 416 g/mol. The van der Waals surface area contributed by atoms with Gasteiger partial charge in [0.2, 0.25) is 5.75 Å². The summed E-state index contributed by atoms with van der Waals surface area (Å²) in [6.45, 7) is 1.21. The van der Waals surface area contributed by atoms with Gasteiger partial charge in [0, 0.05) is 17.9 Å². The standard InChI is InChI=1S/C23H28O7/c1-24-15-6-13(7-16(10-15)25-2)21-17-11-30-22(18(17)12-29-21)14-8-19(26-3)23(28-5)20(9-14)27-4/h6-10,17-18,21-22H,11-12H2,1-5H3/t17-,18-,21+,22+/m1/s1. The molecule has 0 N–H and O–H groups in total. The SMILES string of the molecule is COc1cc(OC)cc([C@@H]2OC[C@@H]3[C@H]2CO[C@H]3c2cc(OC)c(OC)c(OC)c2)c1. The van der Waals surface area contributed by atoms with Gasteiger partial charge in [-0.15, -0.1) is 0 Å². The minimum absolute atomic E-state index is 0.0777. The maximum atomic E-state index is 6.25. The fourth-order valence-electron chi connectivity index (χ4n) is 4.49. The predicted molar refractivity (Wildman–Crippen MR) is 110 cm³/mol. The largest absolute Gasteiger partial charge is 0.497 e. The molecule has 7 nitrogen and oxygen atoms in total. The van der Waals surface area contributed by atoms with Crippen molar-refractivity contribution in [1.82, 2.24) is 0 Å². The van der Waals surface area contributed by atoms with E-state index in [1.165, 1.54) is 0 Å². The van der Waals surface area contributed by atoms with Crippen LogP contribution in [0.4, 0.5) is 0 Å². The fourth-order valence-corrected chi connectivity index (χ4v) is 4.49. The molecular formula is C23H28O7. The van der Waals surface area contributed by atoms with E-state index in [4.69, 9.17) is 33.2 Å². The Bertz CT molecular complexity index is 850. The highest BCUT2D eigenvalue weighted by Crippen LogP contribution is 2.52. The van der Waals surface area contributed by atoms with Crippen LogP contribution in [-0.4, -0.2) is 48.8 Å². The van der Waals surface area contributed by atoms with Gasteiger partial charge in [-0.3, -0.25) is 0 Å². The Morgan fingerprint density at radius 3 is 1.47 bits per heavy atom. The molecular weight excluding hydrogens is 388 g/mol. The molecule has 30 heavy (non-hydrogen) atoms. The van der Waals surface area contributed by atoms with Crippen molar-refractivity contribution in [3.63, 3.8) is 0 Å². The first-order valence-electron chi connectivity index (χ1n) is 9.89. The van der Waals surface area contributed by atoms with Crippen LogP contribution in [0.5, 0.6) is 28.7 Å². The highest BCUT2D eigenvalue weighted by molar-refractivity contribution is 5.54. The molecule has 0 bridgehead atoms. The lowest BCUT2D eigenvalue weighted by atomic mass is 9.84. The molecule has 0 unspecified atom stereocenters. The van der Waals surface area contributed by atoms with Crippen molar-refractivity contribution in [3.8, 4) is 28.7 Å². The van der Waals surface area contributed by atoms with Crippen molar-refractivity contribution < 1.29 is 33.2 Å². The summed E-state index contributed by atoms with van der Waals surface area (Å²) in [7, 11) is 8.13.